The lowest BCUT2D eigenvalue weighted by molar-refractivity contribution is -0.125. The van der Waals surface area contributed by atoms with Crippen molar-refractivity contribution in [3.05, 3.63) is 35.7 Å². The van der Waals surface area contributed by atoms with Gasteiger partial charge in [0.2, 0.25) is 11.0 Å². The van der Waals surface area contributed by atoms with Crippen LogP contribution >= 0.6 is 11.5 Å². The first-order valence-corrected chi connectivity index (χ1v) is 12.2. The van der Waals surface area contributed by atoms with Crippen molar-refractivity contribution >= 4 is 22.6 Å². The van der Waals surface area contributed by atoms with Crippen molar-refractivity contribution in [2.75, 3.05) is 51.3 Å². The van der Waals surface area contributed by atoms with Crippen molar-refractivity contribution in [2.45, 2.75) is 38.5 Å². The van der Waals surface area contributed by atoms with E-state index < -0.39 is 0 Å². The van der Waals surface area contributed by atoms with E-state index in [1.165, 1.54) is 43.9 Å². The molecular weight excluding hydrogens is 410 g/mol. The highest BCUT2D eigenvalue weighted by molar-refractivity contribution is 7.09. The number of ether oxygens (including phenoxy) is 1. The van der Waals surface area contributed by atoms with Crippen LogP contribution in [0.1, 0.15) is 43.5 Å². The van der Waals surface area contributed by atoms with Crippen LogP contribution in [0, 0.1) is 5.92 Å². The molecule has 31 heavy (non-hydrogen) atoms. The summed E-state index contributed by atoms with van der Waals surface area (Å²) >= 11 is 1.45. The van der Waals surface area contributed by atoms with E-state index in [4.69, 9.17) is 9.72 Å². The normalized spacial score (nSPS) is 18.2. The molecule has 0 radical (unpaired) electrons. The predicted octanol–water partition coefficient (Wildman–Crippen LogP) is 2.96. The minimum Gasteiger partial charge on any atom is -0.497 e. The van der Waals surface area contributed by atoms with Gasteiger partial charge in [-0.3, -0.25) is 4.79 Å². The number of methoxy groups -OCH3 is 1. The summed E-state index contributed by atoms with van der Waals surface area (Å²) in [6, 6.07) is 8.02. The van der Waals surface area contributed by atoms with Gasteiger partial charge in [0.05, 0.1) is 7.11 Å². The molecule has 168 valence electrons. The highest BCUT2D eigenvalue weighted by atomic mass is 32.1. The zero-order valence-corrected chi connectivity index (χ0v) is 19.2. The van der Waals surface area contributed by atoms with Gasteiger partial charge >= 0.3 is 0 Å². The lowest BCUT2D eigenvalue weighted by atomic mass is 9.96. The fraction of sp³-hybridized carbons (Fsp3) is 0.609. The molecule has 2 fully saturated rings. The van der Waals surface area contributed by atoms with Crippen molar-refractivity contribution in [3.8, 4) is 5.75 Å². The topological polar surface area (TPSA) is 70.6 Å². The molecule has 3 heterocycles. The number of nitrogens with zero attached hydrogens (tertiary/aromatic N) is 4. The minimum absolute atomic E-state index is 0.113. The molecule has 2 aliphatic heterocycles. The third-order valence-corrected chi connectivity index (χ3v) is 7.08. The molecule has 0 bridgehead atoms. The molecule has 2 saturated heterocycles. The largest absolute Gasteiger partial charge is 0.497 e. The fourth-order valence-corrected chi connectivity index (χ4v) is 5.14. The Morgan fingerprint density at radius 1 is 1.19 bits per heavy atom. The lowest BCUT2D eigenvalue weighted by Gasteiger charge is -2.31. The summed E-state index contributed by atoms with van der Waals surface area (Å²) in [7, 11) is 1.68. The number of hydrogen-bond donors (Lipinski definition) is 1. The van der Waals surface area contributed by atoms with E-state index in [0.717, 1.165) is 61.3 Å². The van der Waals surface area contributed by atoms with Gasteiger partial charge in [0.25, 0.3) is 0 Å². The van der Waals surface area contributed by atoms with E-state index in [9.17, 15) is 4.79 Å². The number of amides is 1. The zero-order valence-electron chi connectivity index (χ0n) is 18.4. The summed E-state index contributed by atoms with van der Waals surface area (Å²) in [4.78, 5) is 22.0. The maximum Gasteiger partial charge on any atom is 0.223 e. The van der Waals surface area contributed by atoms with Crippen molar-refractivity contribution in [1.82, 2.24) is 19.6 Å². The summed E-state index contributed by atoms with van der Waals surface area (Å²) in [5.74, 6) is 2.02. The Labute approximate surface area is 189 Å². The van der Waals surface area contributed by atoms with E-state index >= 15 is 0 Å². The average molecular weight is 444 g/mol. The second kappa shape index (κ2) is 10.9. The first-order chi connectivity index (χ1) is 15.2. The van der Waals surface area contributed by atoms with E-state index in [1.807, 2.05) is 18.2 Å². The molecule has 0 spiro atoms. The van der Waals surface area contributed by atoms with Crippen LogP contribution in [0.4, 0.5) is 5.13 Å². The van der Waals surface area contributed by atoms with Crippen molar-refractivity contribution < 1.29 is 9.53 Å². The Morgan fingerprint density at radius 3 is 2.77 bits per heavy atom. The van der Waals surface area contributed by atoms with Gasteiger partial charge in [-0.15, -0.1) is 0 Å². The number of aromatic nitrogens is 2. The van der Waals surface area contributed by atoms with Crippen LogP contribution in [-0.4, -0.2) is 66.5 Å². The number of piperidine rings is 2. The van der Waals surface area contributed by atoms with Gasteiger partial charge in [-0.1, -0.05) is 18.6 Å². The molecule has 0 atom stereocenters. The Kier molecular flexibility index (Phi) is 7.75. The number of carbonyl (C=O) groups is 1. The molecule has 0 unspecified atom stereocenters. The highest BCUT2D eigenvalue weighted by Crippen LogP contribution is 2.26. The van der Waals surface area contributed by atoms with Crippen molar-refractivity contribution in [1.29, 1.82) is 0 Å². The van der Waals surface area contributed by atoms with Crippen LogP contribution in [0.2, 0.25) is 0 Å². The molecule has 1 aromatic carbocycles. The number of anilines is 1. The number of rotatable bonds is 8. The molecule has 0 aliphatic carbocycles. The molecule has 1 amide bonds. The third kappa shape index (κ3) is 6.17. The summed E-state index contributed by atoms with van der Waals surface area (Å²) in [6.07, 6.45) is 6.38. The van der Waals surface area contributed by atoms with E-state index in [2.05, 4.69) is 25.6 Å². The van der Waals surface area contributed by atoms with Gasteiger partial charge in [-0.2, -0.15) is 4.37 Å². The lowest BCUT2D eigenvalue weighted by Crippen LogP contribution is -2.43. The van der Waals surface area contributed by atoms with E-state index in [-0.39, 0.29) is 11.8 Å². The van der Waals surface area contributed by atoms with Crippen LogP contribution in [0.25, 0.3) is 0 Å². The van der Waals surface area contributed by atoms with E-state index in [0.29, 0.717) is 6.42 Å². The molecule has 1 N–H and O–H groups in total. The molecular formula is C23H33N5O2S. The Morgan fingerprint density at radius 2 is 2.00 bits per heavy atom. The van der Waals surface area contributed by atoms with Crippen molar-refractivity contribution in [2.24, 2.45) is 5.92 Å². The maximum atomic E-state index is 12.6. The second-order valence-electron chi connectivity index (χ2n) is 8.48. The van der Waals surface area contributed by atoms with Gasteiger partial charge in [-0.05, 0) is 56.5 Å². The summed E-state index contributed by atoms with van der Waals surface area (Å²) in [6.45, 7) is 5.82. The first kappa shape index (κ1) is 22.0. The molecule has 0 saturated carbocycles. The SMILES string of the molecule is COc1cccc(Cc2nsc(N3CCC(C(=O)NCCN4CCCCC4)CC3)n2)c1. The van der Waals surface area contributed by atoms with Crippen LogP contribution < -0.4 is 15.0 Å². The number of benzene rings is 1. The Hall–Kier alpha value is -2.19. The monoisotopic (exact) mass is 443 g/mol. The summed E-state index contributed by atoms with van der Waals surface area (Å²) in [5.41, 5.74) is 1.14. The van der Waals surface area contributed by atoms with Gasteiger partial charge in [0.15, 0.2) is 0 Å². The first-order valence-electron chi connectivity index (χ1n) is 11.4. The predicted molar refractivity (Wildman–Crippen MR) is 124 cm³/mol. The smallest absolute Gasteiger partial charge is 0.223 e. The standard InChI is InChI=1S/C23H33N5O2S/c1-30-20-7-5-6-18(16-20)17-21-25-23(31-26-21)28-13-8-19(9-14-28)22(29)24-10-15-27-11-3-2-4-12-27/h5-7,16,19H,2-4,8-15,17H2,1H3,(H,24,29). The molecule has 4 rings (SSSR count). The average Bonchev–Trinajstić information content (AvgIpc) is 3.28. The summed E-state index contributed by atoms with van der Waals surface area (Å²) in [5, 5.41) is 4.12. The molecule has 7 nitrogen and oxygen atoms in total. The second-order valence-corrected chi connectivity index (χ2v) is 9.21. The minimum atomic E-state index is 0.113. The number of hydrogen-bond acceptors (Lipinski definition) is 7. The van der Waals surface area contributed by atoms with Gasteiger partial charge < -0.3 is 19.9 Å². The molecule has 2 aliphatic rings. The fourth-order valence-electron chi connectivity index (χ4n) is 4.41. The van der Waals surface area contributed by atoms with Crippen LogP contribution in [-0.2, 0) is 11.2 Å². The van der Waals surface area contributed by atoms with Crippen LogP contribution in [0.5, 0.6) is 5.75 Å². The number of nitrogens with one attached hydrogen (secondary N) is 1. The zero-order chi connectivity index (χ0) is 21.5. The molecule has 8 heteroatoms. The van der Waals surface area contributed by atoms with Crippen molar-refractivity contribution in [3.63, 3.8) is 0 Å². The Balaban J connectivity index is 1.21. The highest BCUT2D eigenvalue weighted by Gasteiger charge is 2.26. The van der Waals surface area contributed by atoms with E-state index in [1.54, 1.807) is 7.11 Å². The Bertz CT molecular complexity index is 844. The quantitative estimate of drug-likeness (QED) is 0.676. The van der Waals surface area contributed by atoms with Gasteiger partial charge in [0.1, 0.15) is 11.6 Å². The maximum absolute atomic E-state index is 12.6. The molecule has 1 aromatic heterocycles. The molecule has 2 aromatic rings. The van der Waals surface area contributed by atoms with Crippen LogP contribution in [0.15, 0.2) is 24.3 Å². The third-order valence-electron chi connectivity index (χ3n) is 6.27. The summed E-state index contributed by atoms with van der Waals surface area (Å²) < 4.78 is 9.84. The number of carbonyl (C=O) groups excluding carboxylic acids is 1. The van der Waals surface area contributed by atoms with Crippen LogP contribution in [0.3, 0.4) is 0 Å². The number of likely N-dealkylation sites (tertiary alicyclic amines) is 1. The van der Waals surface area contributed by atoms with Gasteiger partial charge in [-0.25, -0.2) is 4.98 Å². The van der Waals surface area contributed by atoms with Gasteiger partial charge in [0, 0.05) is 50.1 Å².